The number of amides is 1. The number of alkyl halides is 5. The van der Waals surface area contributed by atoms with E-state index < -0.39 is 64.5 Å². The van der Waals surface area contributed by atoms with Gasteiger partial charge in [-0.15, -0.1) is 0 Å². The fraction of sp³-hybridized carbons (Fsp3) is 0.436. The number of aliphatic carboxylic acids is 1. The number of nitrogens with one attached hydrogen (secondary N) is 1. The largest absolute Gasteiger partial charge is 0.480 e. The molecule has 4 atom stereocenters. The van der Waals surface area contributed by atoms with Gasteiger partial charge >= 0.3 is 12.1 Å². The number of carbonyl (C=O) groups excluding carboxylic acids is 1. The van der Waals surface area contributed by atoms with Crippen LogP contribution in [-0.4, -0.2) is 51.3 Å². The Morgan fingerprint density at radius 1 is 1.04 bits per heavy atom. The van der Waals surface area contributed by atoms with Gasteiger partial charge in [-0.2, -0.15) is 13.2 Å². The smallest absolute Gasteiger partial charge is 0.409 e. The molecule has 1 saturated heterocycles. The molecule has 2 aromatic carbocycles. The molecule has 2 N–H and O–H groups in total. The Bertz CT molecular complexity index is 2050. The number of pyridine rings is 2. The number of rotatable bonds is 8. The molecule has 0 radical (unpaired) electrons. The van der Waals surface area contributed by atoms with Crippen LogP contribution in [0.2, 0.25) is 0 Å². The highest BCUT2D eigenvalue weighted by Gasteiger charge is 2.62. The van der Waals surface area contributed by atoms with Gasteiger partial charge in [-0.05, 0) is 67.5 Å². The molecule has 14 heteroatoms. The zero-order chi connectivity index (χ0) is 39.7. The van der Waals surface area contributed by atoms with E-state index in [9.17, 15) is 41.4 Å². The van der Waals surface area contributed by atoms with Crippen LogP contribution < -0.4 is 15.8 Å². The van der Waals surface area contributed by atoms with Crippen molar-refractivity contribution in [2.24, 2.45) is 18.9 Å². The second kappa shape index (κ2) is 15.6. The number of nitrogens with zero attached hydrogens (tertiary/aromatic N) is 3. The van der Waals surface area contributed by atoms with Crippen molar-refractivity contribution in [3.63, 3.8) is 0 Å². The maximum atomic E-state index is 15.4. The minimum atomic E-state index is -4.51. The third kappa shape index (κ3) is 8.06. The predicted octanol–water partition coefficient (Wildman–Crippen LogP) is 8.33. The van der Waals surface area contributed by atoms with Crippen LogP contribution in [0.3, 0.4) is 0 Å². The first-order valence-corrected chi connectivity index (χ1v) is 17.5. The second-order valence-corrected chi connectivity index (χ2v) is 13.0. The minimum absolute atomic E-state index is 0.0117. The number of benzene rings is 2. The van der Waals surface area contributed by atoms with Gasteiger partial charge in [-0.3, -0.25) is 14.6 Å². The zero-order valence-corrected chi connectivity index (χ0v) is 30.8. The molecule has 2 fully saturated rings. The summed E-state index contributed by atoms with van der Waals surface area (Å²) in [6.45, 7) is 11.7. The van der Waals surface area contributed by atoms with Gasteiger partial charge in [0.2, 0.25) is 0 Å². The van der Waals surface area contributed by atoms with Crippen molar-refractivity contribution >= 4 is 28.5 Å². The van der Waals surface area contributed by atoms with Gasteiger partial charge in [0.15, 0.2) is 0 Å². The minimum Gasteiger partial charge on any atom is -0.480 e. The van der Waals surface area contributed by atoms with Crippen molar-refractivity contribution in [3.8, 4) is 11.1 Å². The van der Waals surface area contributed by atoms with E-state index in [4.69, 9.17) is 0 Å². The van der Waals surface area contributed by atoms with Gasteiger partial charge in [0.25, 0.3) is 17.4 Å². The highest BCUT2D eigenvalue weighted by atomic mass is 19.4. The number of fused-ring (bicyclic) bond motifs is 2. The van der Waals surface area contributed by atoms with Crippen LogP contribution in [0.15, 0.2) is 53.5 Å². The highest BCUT2D eigenvalue weighted by Crippen LogP contribution is 2.55. The quantitative estimate of drug-likeness (QED) is 0.176. The molecule has 3 heterocycles. The zero-order valence-electron chi connectivity index (χ0n) is 30.8. The summed E-state index contributed by atoms with van der Waals surface area (Å²) in [6, 6.07) is 5.99. The Hall–Kier alpha value is -4.88. The number of hydrogen-bond donors (Lipinski definition) is 2. The molecule has 1 aliphatic carbocycles. The van der Waals surface area contributed by atoms with Crippen LogP contribution in [-0.2, 0) is 24.2 Å². The number of aryl methyl sites for hydroxylation is 2. The number of halogens is 6. The first kappa shape index (κ1) is 40.9. The molecule has 4 aromatic rings. The molecule has 286 valence electrons. The summed E-state index contributed by atoms with van der Waals surface area (Å²) in [4.78, 5) is 44.4. The van der Waals surface area contributed by atoms with Gasteiger partial charge in [0, 0.05) is 61.0 Å². The number of aromatic nitrogens is 2. The Labute approximate surface area is 303 Å². The molecule has 8 nitrogen and oxygen atoms in total. The van der Waals surface area contributed by atoms with Gasteiger partial charge in [0.1, 0.15) is 17.9 Å². The number of anilines is 1. The van der Waals surface area contributed by atoms with E-state index >= 15 is 4.39 Å². The summed E-state index contributed by atoms with van der Waals surface area (Å²) >= 11 is 0. The first-order valence-electron chi connectivity index (χ1n) is 17.5. The molecule has 0 unspecified atom stereocenters. The van der Waals surface area contributed by atoms with Crippen molar-refractivity contribution < 1.29 is 41.0 Å². The summed E-state index contributed by atoms with van der Waals surface area (Å²) in [7, 11) is 1.45. The Kier molecular flexibility index (Phi) is 12.0. The maximum absolute atomic E-state index is 15.4. The fourth-order valence-corrected chi connectivity index (χ4v) is 7.02. The Morgan fingerprint density at radius 2 is 1.70 bits per heavy atom. The molecule has 1 saturated carbocycles. The number of hydrogen-bond acceptors (Lipinski definition) is 5. The summed E-state index contributed by atoms with van der Waals surface area (Å²) < 4.78 is 87.6. The van der Waals surface area contributed by atoms with E-state index in [0.29, 0.717) is 30.0 Å². The summed E-state index contributed by atoms with van der Waals surface area (Å²) in [5, 5.41) is 12.7. The van der Waals surface area contributed by atoms with Crippen molar-refractivity contribution in [2.45, 2.75) is 85.5 Å². The third-order valence-electron chi connectivity index (χ3n) is 9.62. The average molecular weight is 747 g/mol. The Morgan fingerprint density at radius 3 is 2.28 bits per heavy atom. The molecular weight excluding hydrogens is 702 g/mol. The SMILES string of the molecule is CC.CC.Cc1cc(N2C[C@H]3C[C@H]3[C@@H]2C(F)(F)F)cc(F)c1C(=O)N[C@@H](Cc1ccc(-c2c(C(C)(F)F)cc(C)n(C)c2=O)c2ncccc12)C(=O)O. The monoisotopic (exact) mass is 746 g/mol. The van der Waals surface area contributed by atoms with Crippen LogP contribution in [0.1, 0.15) is 73.8 Å². The first-order chi connectivity index (χ1) is 24.9. The highest BCUT2D eigenvalue weighted by molar-refractivity contribution is 5.99. The van der Waals surface area contributed by atoms with Crippen molar-refractivity contribution in [1.29, 1.82) is 0 Å². The van der Waals surface area contributed by atoms with E-state index in [1.165, 1.54) is 55.9 Å². The van der Waals surface area contributed by atoms with Crippen molar-refractivity contribution in [2.75, 3.05) is 11.4 Å². The van der Waals surface area contributed by atoms with Gasteiger partial charge < -0.3 is 19.9 Å². The lowest BCUT2D eigenvalue weighted by molar-refractivity contribution is -0.150. The summed E-state index contributed by atoms with van der Waals surface area (Å²) in [5.74, 6) is -7.71. The van der Waals surface area contributed by atoms with E-state index in [-0.39, 0.29) is 46.8 Å². The summed E-state index contributed by atoms with van der Waals surface area (Å²) in [5.41, 5.74) is -1.01. The van der Waals surface area contributed by atoms with Crippen LogP contribution in [0.4, 0.5) is 32.0 Å². The van der Waals surface area contributed by atoms with Gasteiger partial charge in [-0.25, -0.2) is 18.0 Å². The molecule has 53 heavy (non-hydrogen) atoms. The number of carbonyl (C=O) groups is 2. The van der Waals surface area contributed by atoms with Crippen LogP contribution in [0, 0.1) is 31.5 Å². The van der Waals surface area contributed by atoms with Crippen LogP contribution >= 0.6 is 0 Å². The van der Waals surface area contributed by atoms with Crippen molar-refractivity contribution in [1.82, 2.24) is 14.9 Å². The molecule has 0 bridgehead atoms. The number of carboxylic acids is 1. The normalized spacial score (nSPS) is 18.3. The number of piperidine rings is 1. The topological polar surface area (TPSA) is 105 Å². The van der Waals surface area contributed by atoms with Gasteiger partial charge in [-0.1, -0.05) is 45.9 Å². The van der Waals surface area contributed by atoms with Crippen LogP contribution in [0.25, 0.3) is 22.0 Å². The lowest BCUT2D eigenvalue weighted by Gasteiger charge is -2.31. The average Bonchev–Trinajstić information content (AvgIpc) is 3.74. The second-order valence-electron chi connectivity index (χ2n) is 13.0. The van der Waals surface area contributed by atoms with Crippen LogP contribution in [0.5, 0.6) is 0 Å². The molecule has 6 rings (SSSR count). The lowest BCUT2D eigenvalue weighted by atomic mass is 9.91. The van der Waals surface area contributed by atoms with Gasteiger partial charge in [0.05, 0.1) is 16.6 Å². The molecular formula is C39H44F6N4O4. The van der Waals surface area contributed by atoms with E-state index in [0.717, 1.165) is 11.0 Å². The fourth-order valence-electron chi connectivity index (χ4n) is 7.02. The predicted molar refractivity (Wildman–Crippen MR) is 192 cm³/mol. The van der Waals surface area contributed by atoms with E-state index in [1.54, 1.807) is 12.1 Å². The molecule has 2 aliphatic rings. The lowest BCUT2D eigenvalue weighted by Crippen LogP contribution is -2.44. The third-order valence-corrected chi connectivity index (χ3v) is 9.62. The van der Waals surface area contributed by atoms with Crippen molar-refractivity contribution in [3.05, 3.63) is 92.8 Å². The summed E-state index contributed by atoms with van der Waals surface area (Å²) in [6.07, 6.45) is -3.00. The molecule has 1 aliphatic heterocycles. The number of carboxylic acid groups (broad SMARTS) is 1. The van der Waals surface area contributed by atoms with E-state index in [2.05, 4.69) is 10.3 Å². The standard InChI is InChI=1S/C35H32F6N4O4.2C2H6/c1-16-10-20(45-15-19-12-23(19)30(45)35(39,40)41)14-25(36)27(16)31(46)43-26(33(48)49)13-18-7-8-22(29-21(18)6-5-9-42-29)28-24(34(3,37)38)11-17(2)44(4)32(28)47;2*1-2/h5-11,14,19,23,26,30H,12-13,15H2,1-4H3,(H,43,46)(H,48,49);2*1-2H3/t19-,23-,26+,30-;;/m1../s1. The molecule has 0 spiro atoms. The molecule has 1 amide bonds. The Balaban J connectivity index is 0.00000152. The molecule has 2 aromatic heterocycles. The van der Waals surface area contributed by atoms with E-state index in [1.807, 2.05) is 27.7 Å². The maximum Gasteiger partial charge on any atom is 0.409 e.